The average molecular weight is 221 g/mol. The van der Waals surface area contributed by atoms with Crippen molar-refractivity contribution in [1.82, 2.24) is 9.97 Å². The van der Waals surface area contributed by atoms with Crippen molar-refractivity contribution in [3.05, 3.63) is 40.8 Å². The van der Waals surface area contributed by atoms with E-state index in [0.717, 1.165) is 23.4 Å². The Labute approximate surface area is 94.3 Å². The lowest BCUT2D eigenvalue weighted by atomic mass is 10.2. The molecular formula is C12H13ClN2. The Kier molecular flexibility index (Phi) is 2.78. The molecule has 0 aromatic carbocycles. The van der Waals surface area contributed by atoms with E-state index in [1.807, 2.05) is 25.1 Å². The van der Waals surface area contributed by atoms with Gasteiger partial charge in [0.15, 0.2) is 0 Å². The van der Waals surface area contributed by atoms with E-state index in [1.165, 1.54) is 5.69 Å². The van der Waals surface area contributed by atoms with Crippen molar-refractivity contribution in [3.8, 4) is 11.3 Å². The van der Waals surface area contributed by atoms with Gasteiger partial charge < -0.3 is 4.98 Å². The standard InChI is InChI=1S/C12H13ClN2/c1-3-9-5-7-11(15-9)10-6-4-8(2)14-12(10)13/h4-7,15H,3H2,1-2H3. The minimum atomic E-state index is 0.555. The summed E-state index contributed by atoms with van der Waals surface area (Å²) < 4.78 is 0. The number of pyridine rings is 1. The number of hydrogen-bond acceptors (Lipinski definition) is 1. The summed E-state index contributed by atoms with van der Waals surface area (Å²) >= 11 is 6.09. The van der Waals surface area contributed by atoms with Crippen molar-refractivity contribution in [2.75, 3.05) is 0 Å². The van der Waals surface area contributed by atoms with E-state index in [4.69, 9.17) is 11.6 Å². The second kappa shape index (κ2) is 4.07. The van der Waals surface area contributed by atoms with Gasteiger partial charge in [-0.25, -0.2) is 4.98 Å². The number of aromatic nitrogens is 2. The highest BCUT2D eigenvalue weighted by atomic mass is 35.5. The molecule has 0 aliphatic carbocycles. The van der Waals surface area contributed by atoms with Crippen LogP contribution in [0.5, 0.6) is 0 Å². The van der Waals surface area contributed by atoms with Crippen molar-refractivity contribution in [3.63, 3.8) is 0 Å². The molecule has 3 heteroatoms. The third-order valence-electron chi connectivity index (χ3n) is 2.41. The smallest absolute Gasteiger partial charge is 0.138 e. The lowest BCUT2D eigenvalue weighted by molar-refractivity contribution is 1.06. The Bertz CT molecular complexity index is 474. The van der Waals surface area contributed by atoms with Crippen LogP contribution in [0.4, 0.5) is 0 Å². The third kappa shape index (κ3) is 2.05. The van der Waals surface area contributed by atoms with Crippen LogP contribution >= 0.6 is 11.6 Å². The minimum Gasteiger partial charge on any atom is -0.358 e. The molecule has 15 heavy (non-hydrogen) atoms. The van der Waals surface area contributed by atoms with E-state index in [2.05, 4.69) is 23.0 Å². The molecule has 0 aliphatic heterocycles. The summed E-state index contributed by atoms with van der Waals surface area (Å²) in [6.07, 6.45) is 0.997. The SMILES string of the molecule is CCc1ccc(-c2ccc(C)nc2Cl)[nH]1. The normalized spacial score (nSPS) is 10.6. The number of aromatic amines is 1. The summed E-state index contributed by atoms with van der Waals surface area (Å²) in [5, 5.41) is 0.555. The van der Waals surface area contributed by atoms with Crippen LogP contribution in [0.25, 0.3) is 11.3 Å². The largest absolute Gasteiger partial charge is 0.358 e. The molecule has 2 nitrogen and oxygen atoms in total. The number of rotatable bonds is 2. The van der Waals surface area contributed by atoms with Crippen LogP contribution in [-0.2, 0) is 6.42 Å². The van der Waals surface area contributed by atoms with Gasteiger partial charge in [0, 0.05) is 22.6 Å². The van der Waals surface area contributed by atoms with Crippen LogP contribution in [0, 0.1) is 6.92 Å². The fraction of sp³-hybridized carbons (Fsp3) is 0.250. The first-order chi connectivity index (χ1) is 7.20. The summed E-state index contributed by atoms with van der Waals surface area (Å²) in [7, 11) is 0. The highest BCUT2D eigenvalue weighted by Crippen LogP contribution is 2.25. The first-order valence-corrected chi connectivity index (χ1v) is 5.40. The number of aryl methyl sites for hydroxylation is 2. The molecule has 2 heterocycles. The fourth-order valence-corrected chi connectivity index (χ4v) is 1.83. The van der Waals surface area contributed by atoms with Gasteiger partial charge in [0.05, 0.1) is 0 Å². The number of nitrogens with zero attached hydrogens (tertiary/aromatic N) is 1. The van der Waals surface area contributed by atoms with E-state index in [9.17, 15) is 0 Å². The van der Waals surface area contributed by atoms with Gasteiger partial charge in [-0.3, -0.25) is 0 Å². The number of hydrogen-bond donors (Lipinski definition) is 1. The van der Waals surface area contributed by atoms with Gasteiger partial charge in [-0.1, -0.05) is 18.5 Å². The van der Waals surface area contributed by atoms with Gasteiger partial charge in [-0.05, 0) is 37.6 Å². The third-order valence-corrected chi connectivity index (χ3v) is 2.69. The molecule has 0 saturated heterocycles. The average Bonchev–Trinajstić information content (AvgIpc) is 2.66. The minimum absolute atomic E-state index is 0.555. The monoisotopic (exact) mass is 220 g/mol. The molecule has 0 radical (unpaired) electrons. The van der Waals surface area contributed by atoms with Crippen LogP contribution < -0.4 is 0 Å². The maximum absolute atomic E-state index is 6.09. The predicted octanol–water partition coefficient (Wildman–Crippen LogP) is 3.60. The van der Waals surface area contributed by atoms with Gasteiger partial charge in [0.2, 0.25) is 0 Å². The summed E-state index contributed by atoms with van der Waals surface area (Å²) in [6.45, 7) is 4.05. The van der Waals surface area contributed by atoms with Crippen LogP contribution in [0.2, 0.25) is 5.15 Å². The molecule has 0 spiro atoms. The number of halogens is 1. The zero-order valence-corrected chi connectivity index (χ0v) is 9.60. The molecular weight excluding hydrogens is 208 g/mol. The second-order valence-corrected chi connectivity index (χ2v) is 3.90. The molecule has 78 valence electrons. The van der Waals surface area contributed by atoms with Crippen molar-refractivity contribution in [2.45, 2.75) is 20.3 Å². The van der Waals surface area contributed by atoms with E-state index in [1.54, 1.807) is 0 Å². The van der Waals surface area contributed by atoms with Gasteiger partial charge in [0.25, 0.3) is 0 Å². The molecule has 0 amide bonds. The quantitative estimate of drug-likeness (QED) is 0.770. The maximum atomic E-state index is 6.09. The lowest BCUT2D eigenvalue weighted by Gasteiger charge is -2.02. The molecule has 0 aliphatic rings. The van der Waals surface area contributed by atoms with E-state index in [-0.39, 0.29) is 0 Å². The van der Waals surface area contributed by atoms with Crippen molar-refractivity contribution in [1.29, 1.82) is 0 Å². The fourth-order valence-electron chi connectivity index (χ4n) is 1.53. The Morgan fingerprint density at radius 3 is 2.67 bits per heavy atom. The summed E-state index contributed by atoms with van der Waals surface area (Å²) in [5.74, 6) is 0. The van der Waals surface area contributed by atoms with Crippen molar-refractivity contribution < 1.29 is 0 Å². The number of nitrogens with one attached hydrogen (secondary N) is 1. The lowest BCUT2D eigenvalue weighted by Crippen LogP contribution is -1.87. The number of H-pyrrole nitrogens is 1. The summed E-state index contributed by atoms with van der Waals surface area (Å²) in [5.41, 5.74) is 4.14. The molecule has 0 atom stereocenters. The van der Waals surface area contributed by atoms with Gasteiger partial charge in [-0.2, -0.15) is 0 Å². The Hall–Kier alpha value is -1.28. The van der Waals surface area contributed by atoms with Crippen LogP contribution in [-0.4, -0.2) is 9.97 Å². The molecule has 0 bridgehead atoms. The van der Waals surface area contributed by atoms with Crippen LogP contribution in [0.3, 0.4) is 0 Å². The van der Waals surface area contributed by atoms with Crippen molar-refractivity contribution >= 4 is 11.6 Å². The Morgan fingerprint density at radius 2 is 2.07 bits per heavy atom. The predicted molar refractivity (Wildman–Crippen MR) is 63.1 cm³/mol. The van der Waals surface area contributed by atoms with E-state index >= 15 is 0 Å². The van der Waals surface area contributed by atoms with Crippen molar-refractivity contribution in [2.24, 2.45) is 0 Å². The first kappa shape index (κ1) is 10.2. The van der Waals surface area contributed by atoms with Gasteiger partial charge >= 0.3 is 0 Å². The van der Waals surface area contributed by atoms with Gasteiger partial charge in [-0.15, -0.1) is 0 Å². The molecule has 2 aromatic rings. The van der Waals surface area contributed by atoms with E-state index < -0.39 is 0 Å². The van der Waals surface area contributed by atoms with Crippen LogP contribution in [0.1, 0.15) is 18.3 Å². The zero-order valence-electron chi connectivity index (χ0n) is 8.84. The topological polar surface area (TPSA) is 28.7 Å². The molecule has 2 rings (SSSR count). The highest BCUT2D eigenvalue weighted by Gasteiger charge is 2.06. The molecule has 0 saturated carbocycles. The molecule has 1 N–H and O–H groups in total. The highest BCUT2D eigenvalue weighted by molar-refractivity contribution is 6.32. The Morgan fingerprint density at radius 1 is 1.27 bits per heavy atom. The zero-order chi connectivity index (χ0) is 10.8. The molecule has 0 unspecified atom stereocenters. The second-order valence-electron chi connectivity index (χ2n) is 3.54. The summed E-state index contributed by atoms with van der Waals surface area (Å²) in [4.78, 5) is 7.55. The maximum Gasteiger partial charge on any atom is 0.138 e. The van der Waals surface area contributed by atoms with Gasteiger partial charge in [0.1, 0.15) is 5.15 Å². The molecule has 0 fully saturated rings. The van der Waals surface area contributed by atoms with Crippen LogP contribution in [0.15, 0.2) is 24.3 Å². The first-order valence-electron chi connectivity index (χ1n) is 5.02. The van der Waals surface area contributed by atoms with E-state index in [0.29, 0.717) is 5.15 Å². The molecule has 2 aromatic heterocycles. The Balaban J connectivity index is 2.44. The summed E-state index contributed by atoms with van der Waals surface area (Å²) in [6, 6.07) is 8.08.